The summed E-state index contributed by atoms with van der Waals surface area (Å²) < 4.78 is 5.37. The Labute approximate surface area is 112 Å². The lowest BCUT2D eigenvalue weighted by Gasteiger charge is -2.14. The number of ether oxygens (including phenoxy) is 1. The van der Waals surface area contributed by atoms with E-state index in [1.807, 2.05) is 25.1 Å². The third-order valence-corrected chi connectivity index (χ3v) is 2.78. The molecule has 0 aliphatic rings. The van der Waals surface area contributed by atoms with E-state index in [1.165, 1.54) is 0 Å². The minimum absolute atomic E-state index is 0.112. The van der Waals surface area contributed by atoms with Crippen LogP contribution in [0.5, 0.6) is 5.75 Å². The summed E-state index contributed by atoms with van der Waals surface area (Å²) in [6.45, 7) is 1.81. The summed E-state index contributed by atoms with van der Waals surface area (Å²) in [5.41, 5.74) is 1.06. The lowest BCUT2D eigenvalue weighted by Crippen LogP contribution is -2.16. The van der Waals surface area contributed by atoms with Crippen LogP contribution in [0.15, 0.2) is 54.6 Å². The minimum atomic E-state index is -0.898. The predicted molar refractivity (Wildman–Crippen MR) is 73.2 cm³/mol. The highest BCUT2D eigenvalue weighted by molar-refractivity contribution is 6.10. The van der Waals surface area contributed by atoms with Crippen LogP contribution < -0.4 is 4.74 Å². The molecule has 2 aromatic rings. The Hall–Kier alpha value is -2.13. The van der Waals surface area contributed by atoms with Gasteiger partial charge in [0.05, 0.1) is 5.56 Å². The van der Waals surface area contributed by atoms with Gasteiger partial charge in [-0.15, -0.1) is 0 Å². The fourth-order valence-corrected chi connectivity index (χ4v) is 1.73. The molecule has 0 aliphatic heterocycles. The first-order valence-corrected chi connectivity index (χ1v) is 6.26. The molecule has 0 spiro atoms. The van der Waals surface area contributed by atoms with E-state index >= 15 is 0 Å². The molecule has 1 N–H and O–H groups in total. The van der Waals surface area contributed by atoms with Crippen molar-refractivity contribution in [2.24, 2.45) is 0 Å². The average Bonchev–Trinajstić information content (AvgIpc) is 2.48. The first-order chi connectivity index (χ1) is 9.22. The smallest absolute Gasteiger partial charge is 0.197 e. The van der Waals surface area contributed by atoms with Crippen molar-refractivity contribution < 1.29 is 14.6 Å². The van der Waals surface area contributed by atoms with E-state index in [9.17, 15) is 9.90 Å². The van der Waals surface area contributed by atoms with Crippen molar-refractivity contribution in [1.82, 2.24) is 0 Å². The zero-order chi connectivity index (χ0) is 13.7. The maximum Gasteiger partial charge on any atom is 0.197 e. The van der Waals surface area contributed by atoms with Crippen LogP contribution >= 0.6 is 0 Å². The monoisotopic (exact) mass is 256 g/mol. The normalized spacial score (nSPS) is 11.9. The molecule has 0 fully saturated rings. The Morgan fingerprint density at radius 3 is 2.42 bits per heavy atom. The molecule has 0 amide bonds. The van der Waals surface area contributed by atoms with Gasteiger partial charge in [0, 0.05) is 12.0 Å². The van der Waals surface area contributed by atoms with Gasteiger partial charge in [-0.1, -0.05) is 49.4 Å². The number of hydrogen-bond acceptors (Lipinski definition) is 3. The SMILES string of the molecule is CCC(O)Oc1ccccc1C(=O)c1ccccc1. The molecule has 0 aromatic heterocycles. The van der Waals surface area contributed by atoms with Crippen molar-refractivity contribution in [2.45, 2.75) is 19.6 Å². The van der Waals surface area contributed by atoms with E-state index < -0.39 is 6.29 Å². The van der Waals surface area contributed by atoms with Gasteiger partial charge in [0.2, 0.25) is 0 Å². The lowest BCUT2D eigenvalue weighted by atomic mass is 10.0. The van der Waals surface area contributed by atoms with Gasteiger partial charge >= 0.3 is 0 Å². The zero-order valence-electron chi connectivity index (χ0n) is 10.7. The largest absolute Gasteiger partial charge is 0.464 e. The first kappa shape index (κ1) is 13.3. The molecule has 0 bridgehead atoms. The van der Waals surface area contributed by atoms with E-state index in [-0.39, 0.29) is 5.78 Å². The molecule has 2 rings (SSSR count). The summed E-state index contributed by atoms with van der Waals surface area (Å²) in [7, 11) is 0. The average molecular weight is 256 g/mol. The van der Waals surface area contributed by atoms with Gasteiger partial charge in [-0.3, -0.25) is 4.79 Å². The van der Waals surface area contributed by atoms with Gasteiger partial charge in [0.1, 0.15) is 5.75 Å². The summed E-state index contributed by atoms with van der Waals surface area (Å²) in [4.78, 5) is 12.4. The molecule has 0 saturated carbocycles. The number of carbonyl (C=O) groups excluding carboxylic acids is 1. The third kappa shape index (κ3) is 3.20. The molecule has 0 radical (unpaired) electrons. The maximum absolute atomic E-state index is 12.4. The van der Waals surface area contributed by atoms with Gasteiger partial charge in [0.15, 0.2) is 12.1 Å². The standard InChI is InChI=1S/C16H16O3/c1-2-15(17)19-14-11-7-6-10-13(14)16(18)12-8-4-3-5-9-12/h3-11,15,17H,2H2,1H3. The molecular formula is C16H16O3. The summed E-state index contributed by atoms with van der Waals surface area (Å²) in [6, 6.07) is 16.0. The van der Waals surface area contributed by atoms with Gasteiger partial charge < -0.3 is 9.84 Å². The van der Waals surface area contributed by atoms with E-state index in [1.54, 1.807) is 36.4 Å². The van der Waals surface area contributed by atoms with Crippen LogP contribution in [0.3, 0.4) is 0 Å². The molecule has 3 heteroatoms. The lowest BCUT2D eigenvalue weighted by molar-refractivity contribution is -0.0194. The van der Waals surface area contributed by atoms with Crippen molar-refractivity contribution in [3.8, 4) is 5.75 Å². The van der Waals surface area contributed by atoms with E-state index in [2.05, 4.69) is 0 Å². The summed E-state index contributed by atoms with van der Waals surface area (Å²) in [6.07, 6.45) is -0.432. The van der Waals surface area contributed by atoms with Crippen molar-refractivity contribution >= 4 is 5.78 Å². The van der Waals surface area contributed by atoms with Crippen molar-refractivity contribution in [2.75, 3.05) is 0 Å². The van der Waals surface area contributed by atoms with Crippen molar-refractivity contribution in [1.29, 1.82) is 0 Å². The second kappa shape index (κ2) is 6.16. The van der Waals surface area contributed by atoms with Crippen molar-refractivity contribution in [3.63, 3.8) is 0 Å². The predicted octanol–water partition coefficient (Wildman–Crippen LogP) is 3.02. The molecule has 0 heterocycles. The molecule has 0 saturated heterocycles. The van der Waals surface area contributed by atoms with Gasteiger partial charge in [-0.05, 0) is 12.1 Å². The second-order valence-electron chi connectivity index (χ2n) is 4.17. The van der Waals surface area contributed by atoms with Crippen LogP contribution in [-0.2, 0) is 0 Å². The molecule has 3 nitrogen and oxygen atoms in total. The van der Waals surface area contributed by atoms with E-state index in [4.69, 9.17) is 4.74 Å². The number of hydrogen-bond donors (Lipinski definition) is 1. The summed E-state index contributed by atoms with van der Waals surface area (Å²) in [5, 5.41) is 9.55. The number of carbonyl (C=O) groups is 1. The van der Waals surface area contributed by atoms with Crippen LogP contribution in [0.1, 0.15) is 29.3 Å². The Kier molecular flexibility index (Phi) is 4.31. The highest BCUT2D eigenvalue weighted by atomic mass is 16.6. The molecule has 98 valence electrons. The fraction of sp³-hybridized carbons (Fsp3) is 0.188. The highest BCUT2D eigenvalue weighted by Crippen LogP contribution is 2.22. The van der Waals surface area contributed by atoms with Gasteiger partial charge in [-0.2, -0.15) is 0 Å². The molecule has 2 aromatic carbocycles. The number of para-hydroxylation sites is 1. The number of aliphatic hydroxyl groups excluding tert-OH is 1. The third-order valence-electron chi connectivity index (χ3n) is 2.78. The number of aliphatic hydroxyl groups is 1. The van der Waals surface area contributed by atoms with Crippen LogP contribution in [0.25, 0.3) is 0 Å². The topological polar surface area (TPSA) is 46.5 Å². The molecule has 1 atom stereocenters. The molecule has 19 heavy (non-hydrogen) atoms. The Balaban J connectivity index is 2.32. The van der Waals surface area contributed by atoms with Crippen LogP contribution in [0.2, 0.25) is 0 Å². The van der Waals surface area contributed by atoms with Crippen molar-refractivity contribution in [3.05, 3.63) is 65.7 Å². The van der Waals surface area contributed by atoms with Crippen LogP contribution in [-0.4, -0.2) is 17.2 Å². The number of benzene rings is 2. The van der Waals surface area contributed by atoms with Crippen LogP contribution in [0.4, 0.5) is 0 Å². The fourth-order valence-electron chi connectivity index (χ4n) is 1.73. The molecule has 1 unspecified atom stereocenters. The Morgan fingerprint density at radius 2 is 1.74 bits per heavy atom. The number of rotatable bonds is 5. The maximum atomic E-state index is 12.4. The first-order valence-electron chi connectivity index (χ1n) is 6.26. The minimum Gasteiger partial charge on any atom is -0.464 e. The molecular weight excluding hydrogens is 240 g/mol. The Bertz CT molecular complexity index is 549. The zero-order valence-corrected chi connectivity index (χ0v) is 10.7. The van der Waals surface area contributed by atoms with Crippen LogP contribution in [0, 0.1) is 0 Å². The summed E-state index contributed by atoms with van der Waals surface area (Å²) >= 11 is 0. The number of ketones is 1. The Morgan fingerprint density at radius 1 is 1.11 bits per heavy atom. The van der Waals surface area contributed by atoms with Gasteiger partial charge in [0.25, 0.3) is 0 Å². The molecule has 0 aliphatic carbocycles. The summed E-state index contributed by atoms with van der Waals surface area (Å²) in [5.74, 6) is 0.296. The van der Waals surface area contributed by atoms with E-state index in [0.29, 0.717) is 23.3 Å². The highest BCUT2D eigenvalue weighted by Gasteiger charge is 2.15. The van der Waals surface area contributed by atoms with Gasteiger partial charge in [-0.25, -0.2) is 0 Å². The van der Waals surface area contributed by atoms with E-state index in [0.717, 1.165) is 0 Å². The quantitative estimate of drug-likeness (QED) is 0.660. The second-order valence-corrected chi connectivity index (χ2v) is 4.17.